The predicted molar refractivity (Wildman–Crippen MR) is 115 cm³/mol. The highest BCUT2D eigenvalue weighted by molar-refractivity contribution is 7.80. The van der Waals surface area contributed by atoms with E-state index in [9.17, 15) is 4.79 Å². The fourth-order valence-electron chi connectivity index (χ4n) is 3.03. The summed E-state index contributed by atoms with van der Waals surface area (Å²) in [5.41, 5.74) is 1.79. The smallest absolute Gasteiger partial charge is 0.227 e. The summed E-state index contributed by atoms with van der Waals surface area (Å²) in [5.74, 6) is 1.58. The number of hydrogen-bond acceptors (Lipinski definition) is 4. The van der Waals surface area contributed by atoms with Gasteiger partial charge in [0, 0.05) is 24.3 Å². The van der Waals surface area contributed by atoms with Crippen molar-refractivity contribution in [1.82, 2.24) is 5.32 Å². The van der Waals surface area contributed by atoms with Gasteiger partial charge < -0.3 is 25.0 Å². The van der Waals surface area contributed by atoms with E-state index in [2.05, 4.69) is 10.6 Å². The van der Waals surface area contributed by atoms with E-state index in [1.165, 1.54) is 0 Å². The second-order valence-electron chi connectivity index (χ2n) is 6.66. The Bertz CT molecular complexity index is 826. The predicted octanol–water partition coefficient (Wildman–Crippen LogP) is 3.58. The van der Waals surface area contributed by atoms with Crippen LogP contribution in [0.25, 0.3) is 0 Å². The molecule has 1 fully saturated rings. The van der Waals surface area contributed by atoms with Gasteiger partial charge in [-0.15, -0.1) is 0 Å². The molecule has 0 bridgehead atoms. The molecule has 1 heterocycles. The molecule has 1 aliphatic heterocycles. The van der Waals surface area contributed by atoms with E-state index >= 15 is 0 Å². The number of nitrogens with one attached hydrogen (secondary N) is 2. The molecule has 2 aromatic rings. The lowest BCUT2D eigenvalue weighted by molar-refractivity contribution is -0.117. The molecule has 2 N–H and O–H groups in total. The molecule has 1 atom stereocenters. The fraction of sp³-hybridized carbons (Fsp3) is 0.333. The van der Waals surface area contributed by atoms with Crippen LogP contribution in [0.2, 0.25) is 0 Å². The average Bonchev–Trinajstić information content (AvgIpc) is 3.13. The highest BCUT2D eigenvalue weighted by Gasteiger charge is 2.21. The lowest BCUT2D eigenvalue weighted by Crippen LogP contribution is -2.39. The van der Waals surface area contributed by atoms with E-state index < -0.39 is 0 Å². The molecule has 0 radical (unpaired) electrons. The molecule has 0 aromatic heterocycles. The molecule has 2 aromatic carbocycles. The number of amides is 1. The number of benzene rings is 2. The van der Waals surface area contributed by atoms with Crippen LogP contribution in [0.5, 0.6) is 11.5 Å². The second kappa shape index (κ2) is 9.41. The van der Waals surface area contributed by atoms with Crippen LogP contribution < -0.4 is 25.0 Å². The molecule has 0 aliphatic carbocycles. The van der Waals surface area contributed by atoms with E-state index in [1.54, 1.807) is 7.11 Å². The highest BCUT2D eigenvalue weighted by Crippen LogP contribution is 2.26. The number of nitrogens with zero attached hydrogens (tertiary/aromatic N) is 1. The van der Waals surface area contributed by atoms with Gasteiger partial charge in [0.1, 0.15) is 6.61 Å². The first-order valence-corrected chi connectivity index (χ1v) is 9.71. The Kier molecular flexibility index (Phi) is 6.71. The molecule has 3 rings (SSSR count). The van der Waals surface area contributed by atoms with Crippen LogP contribution in [-0.4, -0.2) is 37.3 Å². The van der Waals surface area contributed by atoms with Gasteiger partial charge in [-0.1, -0.05) is 12.1 Å². The zero-order valence-electron chi connectivity index (χ0n) is 16.1. The first-order valence-electron chi connectivity index (χ1n) is 9.30. The monoisotopic (exact) mass is 399 g/mol. The third-order valence-corrected chi connectivity index (χ3v) is 4.67. The minimum Gasteiger partial charge on any atom is -0.493 e. The van der Waals surface area contributed by atoms with Gasteiger partial charge >= 0.3 is 0 Å². The van der Waals surface area contributed by atoms with E-state index in [0.717, 1.165) is 24.3 Å². The largest absolute Gasteiger partial charge is 0.493 e. The molecule has 148 valence electrons. The van der Waals surface area contributed by atoms with E-state index in [1.807, 2.05) is 60.4 Å². The molecule has 1 amide bonds. The number of methoxy groups -OCH3 is 1. The number of para-hydroxylation sites is 2. The van der Waals surface area contributed by atoms with Crippen molar-refractivity contribution in [3.05, 3.63) is 48.5 Å². The lowest BCUT2D eigenvalue weighted by Gasteiger charge is -2.19. The van der Waals surface area contributed by atoms with Crippen LogP contribution in [-0.2, 0) is 4.79 Å². The zero-order valence-corrected chi connectivity index (χ0v) is 16.9. The van der Waals surface area contributed by atoms with Crippen LogP contribution in [0.1, 0.15) is 19.8 Å². The summed E-state index contributed by atoms with van der Waals surface area (Å²) in [6.45, 7) is 3.22. The molecule has 7 heteroatoms. The molecule has 0 saturated carbocycles. The van der Waals surface area contributed by atoms with Crippen LogP contribution in [0, 0.1) is 0 Å². The van der Waals surface area contributed by atoms with Crippen LogP contribution in [0.15, 0.2) is 48.5 Å². The number of anilines is 2. The van der Waals surface area contributed by atoms with E-state index in [-0.39, 0.29) is 11.9 Å². The summed E-state index contributed by atoms with van der Waals surface area (Å²) in [5, 5.41) is 6.88. The van der Waals surface area contributed by atoms with Crippen LogP contribution in [0.4, 0.5) is 11.4 Å². The maximum atomic E-state index is 11.8. The summed E-state index contributed by atoms with van der Waals surface area (Å²) in [6, 6.07) is 15.2. The maximum Gasteiger partial charge on any atom is 0.227 e. The first kappa shape index (κ1) is 19.9. The molecule has 1 saturated heterocycles. The van der Waals surface area contributed by atoms with Gasteiger partial charge in [0.25, 0.3) is 0 Å². The number of hydrogen-bond donors (Lipinski definition) is 2. The molecular weight excluding hydrogens is 374 g/mol. The number of carbonyl (C=O) groups is 1. The van der Waals surface area contributed by atoms with Crippen molar-refractivity contribution in [2.75, 3.05) is 30.5 Å². The Balaban J connectivity index is 1.47. The maximum absolute atomic E-state index is 11.8. The van der Waals surface area contributed by atoms with Gasteiger partial charge in [0.15, 0.2) is 16.6 Å². The Morgan fingerprint density at radius 3 is 2.54 bits per heavy atom. The number of thiocarbonyl (C=S) groups is 1. The second-order valence-corrected chi connectivity index (χ2v) is 7.07. The van der Waals surface area contributed by atoms with E-state index in [4.69, 9.17) is 21.7 Å². The molecule has 0 spiro atoms. The molecule has 28 heavy (non-hydrogen) atoms. The Morgan fingerprint density at radius 1 is 1.18 bits per heavy atom. The summed E-state index contributed by atoms with van der Waals surface area (Å²) >= 11 is 5.38. The normalized spacial score (nSPS) is 14.5. The van der Waals surface area contributed by atoms with Crippen molar-refractivity contribution in [2.24, 2.45) is 0 Å². The number of ether oxygens (including phenoxy) is 2. The quantitative estimate of drug-likeness (QED) is 0.694. The van der Waals surface area contributed by atoms with Crippen molar-refractivity contribution < 1.29 is 14.3 Å². The number of carbonyl (C=O) groups excluding carboxylic acids is 1. The van der Waals surface area contributed by atoms with Crippen molar-refractivity contribution in [1.29, 1.82) is 0 Å². The SMILES string of the molecule is COc1ccccc1OCC(C)NC(=S)Nc1ccc(N2CCCC2=O)cc1. The lowest BCUT2D eigenvalue weighted by atomic mass is 10.2. The van der Waals surface area contributed by atoms with Gasteiger partial charge in [-0.2, -0.15) is 0 Å². The van der Waals surface area contributed by atoms with Crippen LogP contribution >= 0.6 is 12.2 Å². The average molecular weight is 400 g/mol. The summed E-state index contributed by atoms with van der Waals surface area (Å²) in [7, 11) is 1.62. The van der Waals surface area contributed by atoms with Crippen molar-refractivity contribution in [3.8, 4) is 11.5 Å². The first-order chi connectivity index (χ1) is 13.6. The van der Waals surface area contributed by atoms with Gasteiger partial charge in [-0.05, 0) is 62.0 Å². The molecular formula is C21H25N3O3S. The third kappa shape index (κ3) is 5.13. The van der Waals surface area contributed by atoms with Gasteiger partial charge in [-0.3, -0.25) is 4.79 Å². The molecule has 6 nitrogen and oxygen atoms in total. The van der Waals surface area contributed by atoms with Crippen LogP contribution in [0.3, 0.4) is 0 Å². The standard InChI is InChI=1S/C21H25N3O3S/c1-15(14-27-19-7-4-3-6-18(19)26-2)22-21(28)23-16-9-11-17(12-10-16)24-13-5-8-20(24)25/h3-4,6-7,9-12,15H,5,8,13-14H2,1-2H3,(H2,22,23,28). The summed E-state index contributed by atoms with van der Waals surface area (Å²) < 4.78 is 11.1. The Morgan fingerprint density at radius 2 is 1.89 bits per heavy atom. The van der Waals surface area contributed by atoms with Crippen molar-refractivity contribution in [2.45, 2.75) is 25.8 Å². The topological polar surface area (TPSA) is 62.8 Å². The molecule has 1 aliphatic rings. The summed E-state index contributed by atoms with van der Waals surface area (Å²) in [6.07, 6.45) is 1.55. The minimum atomic E-state index is 0.00593. The Hall–Kier alpha value is -2.80. The summed E-state index contributed by atoms with van der Waals surface area (Å²) in [4.78, 5) is 13.6. The van der Waals surface area contributed by atoms with Crippen molar-refractivity contribution >= 4 is 34.6 Å². The van der Waals surface area contributed by atoms with Gasteiger partial charge in [-0.25, -0.2) is 0 Å². The number of rotatable bonds is 7. The highest BCUT2D eigenvalue weighted by atomic mass is 32.1. The van der Waals surface area contributed by atoms with Gasteiger partial charge in [0.05, 0.1) is 13.2 Å². The van der Waals surface area contributed by atoms with E-state index in [0.29, 0.717) is 29.6 Å². The van der Waals surface area contributed by atoms with Gasteiger partial charge in [0.2, 0.25) is 5.91 Å². The zero-order chi connectivity index (χ0) is 19.9. The van der Waals surface area contributed by atoms with Crippen molar-refractivity contribution in [3.63, 3.8) is 0 Å². The minimum absolute atomic E-state index is 0.00593. The Labute approximate surface area is 170 Å². The third-order valence-electron chi connectivity index (χ3n) is 4.45. The molecule has 1 unspecified atom stereocenters. The fourth-order valence-corrected chi connectivity index (χ4v) is 3.35.